The molecule has 2 heterocycles. The zero-order valence-corrected chi connectivity index (χ0v) is 8.01. The Kier molecular flexibility index (Phi) is 2.15. The lowest BCUT2D eigenvalue weighted by molar-refractivity contribution is -0.0727. The molecule has 0 aromatic heterocycles. The summed E-state index contributed by atoms with van der Waals surface area (Å²) in [5.41, 5.74) is -0.176. The van der Waals surface area contributed by atoms with Crippen LogP contribution in [0.1, 0.15) is 19.8 Å². The largest absolute Gasteiger partial charge is 0.438 e. The lowest BCUT2D eigenvalue weighted by atomic mass is 9.94. The van der Waals surface area contributed by atoms with Crippen LogP contribution >= 0.6 is 0 Å². The van der Waals surface area contributed by atoms with E-state index in [1.165, 1.54) is 12.8 Å². The van der Waals surface area contributed by atoms with Crippen molar-refractivity contribution in [2.24, 2.45) is 0 Å². The van der Waals surface area contributed by atoms with E-state index in [0.717, 1.165) is 19.6 Å². The molecular formula is C9H16N2O2. The van der Waals surface area contributed by atoms with E-state index in [1.807, 2.05) is 0 Å². The highest BCUT2D eigenvalue weighted by Crippen LogP contribution is 2.28. The van der Waals surface area contributed by atoms with Crippen LogP contribution in [0.2, 0.25) is 0 Å². The van der Waals surface area contributed by atoms with E-state index in [2.05, 4.69) is 17.1 Å². The molecule has 2 saturated heterocycles. The third-order valence-electron chi connectivity index (χ3n) is 2.72. The first-order chi connectivity index (χ1) is 6.24. The Morgan fingerprint density at radius 2 is 2.38 bits per heavy atom. The number of rotatable bonds is 3. The number of carbonyl (C=O) groups excluding carboxylic acids is 1. The van der Waals surface area contributed by atoms with E-state index in [-0.39, 0.29) is 11.7 Å². The molecule has 0 saturated carbocycles. The Morgan fingerprint density at radius 3 is 2.92 bits per heavy atom. The van der Waals surface area contributed by atoms with Gasteiger partial charge in [-0.1, -0.05) is 13.3 Å². The quantitative estimate of drug-likeness (QED) is 0.697. The number of ether oxygens (including phenoxy) is 1. The number of nitrogens with one attached hydrogen (secondary N) is 1. The molecule has 2 rings (SSSR count). The van der Waals surface area contributed by atoms with Crippen molar-refractivity contribution in [1.82, 2.24) is 10.2 Å². The molecule has 0 unspecified atom stereocenters. The van der Waals surface area contributed by atoms with Gasteiger partial charge in [-0.15, -0.1) is 0 Å². The van der Waals surface area contributed by atoms with Crippen molar-refractivity contribution in [3.05, 3.63) is 0 Å². The predicted octanol–water partition coefficient (Wildman–Crippen LogP) is 0.581. The normalized spacial score (nSPS) is 25.5. The second kappa shape index (κ2) is 3.18. The maximum Gasteiger partial charge on any atom is 0.407 e. The Balaban J connectivity index is 1.74. The average Bonchev–Trinajstić information content (AvgIpc) is 2.42. The van der Waals surface area contributed by atoms with Gasteiger partial charge in [0.2, 0.25) is 0 Å². The average molecular weight is 184 g/mol. The van der Waals surface area contributed by atoms with Crippen LogP contribution in [0.4, 0.5) is 4.79 Å². The molecule has 13 heavy (non-hydrogen) atoms. The van der Waals surface area contributed by atoms with Crippen LogP contribution in [0.25, 0.3) is 0 Å². The number of hydrogen-bond donors (Lipinski definition) is 1. The molecule has 2 fully saturated rings. The highest BCUT2D eigenvalue weighted by molar-refractivity contribution is 5.70. The Morgan fingerprint density at radius 1 is 1.62 bits per heavy atom. The Bertz CT molecular complexity index is 212. The van der Waals surface area contributed by atoms with Crippen LogP contribution in [0.15, 0.2) is 0 Å². The molecule has 1 N–H and O–H groups in total. The number of hydrogen-bond acceptors (Lipinski definition) is 3. The zero-order valence-electron chi connectivity index (χ0n) is 8.01. The molecule has 0 bridgehead atoms. The van der Waals surface area contributed by atoms with Gasteiger partial charge in [-0.3, -0.25) is 4.90 Å². The molecule has 74 valence electrons. The minimum atomic E-state index is -0.254. The van der Waals surface area contributed by atoms with Gasteiger partial charge in [0.25, 0.3) is 0 Å². The summed E-state index contributed by atoms with van der Waals surface area (Å²) < 4.78 is 5.20. The number of unbranched alkanes of at least 4 members (excludes halogenated alkanes) is 1. The van der Waals surface area contributed by atoms with Crippen LogP contribution < -0.4 is 5.32 Å². The van der Waals surface area contributed by atoms with Gasteiger partial charge in [-0.2, -0.15) is 0 Å². The fourth-order valence-corrected chi connectivity index (χ4v) is 1.99. The van der Waals surface area contributed by atoms with Crippen molar-refractivity contribution < 1.29 is 9.53 Å². The molecule has 0 radical (unpaired) electrons. The lowest BCUT2D eigenvalue weighted by Crippen LogP contribution is -2.63. The standard InChI is InChI=1S/C9H16N2O2/c1-2-3-4-11-6-9(7-11)5-10-8(12)13-9/h2-7H2,1H3,(H,10,12). The maximum atomic E-state index is 10.8. The van der Waals surface area contributed by atoms with E-state index in [4.69, 9.17) is 4.74 Å². The monoisotopic (exact) mass is 184 g/mol. The molecule has 2 aliphatic rings. The minimum absolute atomic E-state index is 0.176. The van der Waals surface area contributed by atoms with Gasteiger partial charge in [0.1, 0.15) is 0 Å². The van der Waals surface area contributed by atoms with Crippen molar-refractivity contribution >= 4 is 6.09 Å². The van der Waals surface area contributed by atoms with E-state index in [1.54, 1.807) is 0 Å². The number of nitrogens with zero attached hydrogens (tertiary/aromatic N) is 1. The smallest absolute Gasteiger partial charge is 0.407 e. The van der Waals surface area contributed by atoms with Crippen molar-refractivity contribution in [2.45, 2.75) is 25.4 Å². The Hall–Kier alpha value is -0.770. The van der Waals surface area contributed by atoms with Crippen molar-refractivity contribution in [1.29, 1.82) is 0 Å². The zero-order chi connectivity index (χ0) is 9.31. The molecule has 1 amide bonds. The van der Waals surface area contributed by atoms with E-state index >= 15 is 0 Å². The maximum absolute atomic E-state index is 10.8. The fraction of sp³-hybridized carbons (Fsp3) is 0.889. The molecule has 1 spiro atoms. The minimum Gasteiger partial charge on any atom is -0.438 e. The highest BCUT2D eigenvalue weighted by Gasteiger charge is 2.49. The SMILES string of the molecule is CCCCN1CC2(CNC(=O)O2)C1. The van der Waals surface area contributed by atoms with Gasteiger partial charge >= 0.3 is 6.09 Å². The van der Waals surface area contributed by atoms with Gasteiger partial charge in [-0.05, 0) is 13.0 Å². The second-order valence-electron chi connectivity index (χ2n) is 3.99. The summed E-state index contributed by atoms with van der Waals surface area (Å²) in [7, 11) is 0. The second-order valence-corrected chi connectivity index (χ2v) is 3.99. The molecule has 4 heteroatoms. The van der Waals surface area contributed by atoms with Crippen LogP contribution in [-0.4, -0.2) is 42.8 Å². The lowest BCUT2D eigenvalue weighted by Gasteiger charge is -2.45. The summed E-state index contributed by atoms with van der Waals surface area (Å²) in [5.74, 6) is 0. The number of amides is 1. The number of likely N-dealkylation sites (tertiary alicyclic amines) is 1. The number of carbonyl (C=O) groups is 1. The summed E-state index contributed by atoms with van der Waals surface area (Å²) in [6, 6.07) is 0. The molecule has 0 aliphatic carbocycles. The van der Waals surface area contributed by atoms with E-state index in [9.17, 15) is 4.79 Å². The summed E-state index contributed by atoms with van der Waals surface area (Å²) in [6.07, 6.45) is 2.20. The van der Waals surface area contributed by atoms with Crippen LogP contribution in [0.5, 0.6) is 0 Å². The van der Waals surface area contributed by atoms with Crippen LogP contribution in [-0.2, 0) is 4.74 Å². The third kappa shape index (κ3) is 1.63. The number of alkyl carbamates (subject to hydrolysis) is 1. The predicted molar refractivity (Wildman–Crippen MR) is 48.6 cm³/mol. The van der Waals surface area contributed by atoms with Crippen molar-refractivity contribution in [2.75, 3.05) is 26.2 Å². The topological polar surface area (TPSA) is 41.6 Å². The highest BCUT2D eigenvalue weighted by atomic mass is 16.6. The molecular weight excluding hydrogens is 168 g/mol. The first kappa shape index (κ1) is 8.81. The van der Waals surface area contributed by atoms with Crippen molar-refractivity contribution in [3.63, 3.8) is 0 Å². The molecule has 0 aromatic carbocycles. The van der Waals surface area contributed by atoms with Crippen LogP contribution in [0, 0.1) is 0 Å². The van der Waals surface area contributed by atoms with Crippen LogP contribution in [0.3, 0.4) is 0 Å². The van der Waals surface area contributed by atoms with Gasteiger partial charge < -0.3 is 10.1 Å². The summed E-state index contributed by atoms with van der Waals surface area (Å²) in [5, 5.41) is 2.70. The molecule has 0 aromatic rings. The first-order valence-corrected chi connectivity index (χ1v) is 4.93. The summed E-state index contributed by atoms with van der Waals surface area (Å²) in [6.45, 7) is 5.83. The van der Waals surface area contributed by atoms with Gasteiger partial charge in [-0.25, -0.2) is 4.79 Å². The third-order valence-corrected chi connectivity index (χ3v) is 2.72. The molecule has 4 nitrogen and oxygen atoms in total. The van der Waals surface area contributed by atoms with E-state index < -0.39 is 0 Å². The van der Waals surface area contributed by atoms with Gasteiger partial charge in [0.05, 0.1) is 6.54 Å². The Labute approximate surface area is 78.2 Å². The molecule has 2 aliphatic heterocycles. The van der Waals surface area contributed by atoms with Crippen molar-refractivity contribution in [3.8, 4) is 0 Å². The fourth-order valence-electron chi connectivity index (χ4n) is 1.99. The first-order valence-electron chi connectivity index (χ1n) is 4.93. The van der Waals surface area contributed by atoms with Gasteiger partial charge in [0.15, 0.2) is 5.60 Å². The summed E-state index contributed by atoms with van der Waals surface area (Å²) in [4.78, 5) is 13.2. The molecule has 0 atom stereocenters. The summed E-state index contributed by atoms with van der Waals surface area (Å²) >= 11 is 0. The van der Waals surface area contributed by atoms with E-state index in [0.29, 0.717) is 6.54 Å². The van der Waals surface area contributed by atoms with Gasteiger partial charge in [0, 0.05) is 13.1 Å².